The maximum Gasteiger partial charge on any atom is 0.255 e. The van der Waals surface area contributed by atoms with Crippen LogP contribution in [-0.2, 0) is 21.4 Å². The van der Waals surface area contributed by atoms with E-state index in [-0.39, 0.29) is 28.7 Å². The molecule has 0 aromatic heterocycles. The molecule has 9 heteroatoms. The molecule has 0 fully saturated rings. The highest BCUT2D eigenvalue weighted by Crippen LogP contribution is 2.22. The Morgan fingerprint density at radius 3 is 2.31 bits per heavy atom. The summed E-state index contributed by atoms with van der Waals surface area (Å²) in [5.41, 5.74) is 1.51. The molecule has 0 aliphatic carbocycles. The predicted molar refractivity (Wildman–Crippen MR) is 96.3 cm³/mol. The van der Waals surface area contributed by atoms with Crippen LogP contribution in [-0.4, -0.2) is 27.3 Å². The number of carbonyl (C=O) groups excluding carboxylic acids is 2. The summed E-state index contributed by atoms with van der Waals surface area (Å²) < 4.78 is 28.0. The number of amides is 2. The number of rotatable bonds is 6. The van der Waals surface area contributed by atoms with Crippen LogP contribution in [0.4, 0.5) is 5.69 Å². The van der Waals surface area contributed by atoms with Gasteiger partial charge in [-0.25, -0.2) is 13.6 Å². The number of sulfonamides is 1. The fourth-order valence-corrected chi connectivity index (χ4v) is 2.77. The van der Waals surface area contributed by atoms with Crippen molar-refractivity contribution in [3.63, 3.8) is 0 Å². The van der Waals surface area contributed by atoms with Gasteiger partial charge in [0.05, 0.1) is 17.6 Å². The number of ether oxygens (including phenoxy) is 1. The van der Waals surface area contributed by atoms with Crippen LogP contribution >= 0.6 is 0 Å². The first-order chi connectivity index (χ1) is 12.2. The molecule has 2 rings (SSSR count). The van der Waals surface area contributed by atoms with E-state index in [9.17, 15) is 18.0 Å². The van der Waals surface area contributed by atoms with Crippen LogP contribution in [0, 0.1) is 0 Å². The van der Waals surface area contributed by atoms with Crippen molar-refractivity contribution in [2.45, 2.75) is 18.4 Å². The van der Waals surface area contributed by atoms with Gasteiger partial charge in [0.2, 0.25) is 15.9 Å². The quantitative estimate of drug-likeness (QED) is 0.698. The molecule has 0 atom stereocenters. The van der Waals surface area contributed by atoms with Gasteiger partial charge in [0.25, 0.3) is 5.91 Å². The third kappa shape index (κ3) is 5.04. The summed E-state index contributed by atoms with van der Waals surface area (Å²) in [6, 6.07) is 10.7. The van der Waals surface area contributed by atoms with Gasteiger partial charge in [-0.15, -0.1) is 0 Å². The minimum absolute atomic E-state index is 0.0638. The molecule has 0 unspecified atom stereocenters. The maximum absolute atomic E-state index is 12.4. The van der Waals surface area contributed by atoms with Gasteiger partial charge in [-0.1, -0.05) is 12.1 Å². The van der Waals surface area contributed by atoms with Crippen LogP contribution in [0.15, 0.2) is 47.4 Å². The van der Waals surface area contributed by atoms with Crippen LogP contribution in [0.3, 0.4) is 0 Å². The number of primary sulfonamides is 1. The number of nitrogens with two attached hydrogens (primary N) is 1. The molecule has 0 spiro atoms. The third-order valence-corrected chi connectivity index (χ3v) is 4.38. The second-order valence-electron chi connectivity index (χ2n) is 5.47. The van der Waals surface area contributed by atoms with Gasteiger partial charge in [0, 0.05) is 19.2 Å². The van der Waals surface area contributed by atoms with E-state index in [1.807, 2.05) is 0 Å². The highest BCUT2D eigenvalue weighted by molar-refractivity contribution is 7.89. The van der Waals surface area contributed by atoms with Gasteiger partial charge in [-0.05, 0) is 35.9 Å². The van der Waals surface area contributed by atoms with Gasteiger partial charge < -0.3 is 15.4 Å². The van der Waals surface area contributed by atoms with Gasteiger partial charge in [0.1, 0.15) is 5.75 Å². The summed E-state index contributed by atoms with van der Waals surface area (Å²) in [5, 5.41) is 10.4. The molecule has 2 aromatic carbocycles. The van der Waals surface area contributed by atoms with Crippen LogP contribution in [0.1, 0.15) is 22.8 Å². The molecule has 0 saturated carbocycles. The Morgan fingerprint density at radius 2 is 1.77 bits per heavy atom. The van der Waals surface area contributed by atoms with Crippen molar-refractivity contribution in [2.24, 2.45) is 5.14 Å². The van der Waals surface area contributed by atoms with E-state index in [1.54, 1.807) is 24.3 Å². The lowest BCUT2D eigenvalue weighted by molar-refractivity contribution is -0.114. The van der Waals surface area contributed by atoms with Crippen molar-refractivity contribution >= 4 is 27.5 Å². The van der Waals surface area contributed by atoms with Crippen molar-refractivity contribution in [1.29, 1.82) is 0 Å². The number of anilines is 1. The summed E-state index contributed by atoms with van der Waals surface area (Å²) in [6.45, 7) is 1.62. The Morgan fingerprint density at radius 1 is 1.12 bits per heavy atom. The normalized spacial score (nSPS) is 10.9. The first-order valence-electron chi connectivity index (χ1n) is 7.56. The number of benzene rings is 2. The van der Waals surface area contributed by atoms with Crippen LogP contribution in [0.2, 0.25) is 0 Å². The minimum Gasteiger partial charge on any atom is -0.496 e. The molecule has 0 bridgehead atoms. The number of hydrogen-bond acceptors (Lipinski definition) is 5. The van der Waals surface area contributed by atoms with Gasteiger partial charge in [-0.2, -0.15) is 0 Å². The van der Waals surface area contributed by atoms with Crippen LogP contribution in [0.25, 0.3) is 0 Å². The van der Waals surface area contributed by atoms with Gasteiger partial charge in [-0.3, -0.25) is 9.59 Å². The van der Waals surface area contributed by atoms with Crippen LogP contribution in [0.5, 0.6) is 5.75 Å². The second kappa shape index (κ2) is 7.98. The minimum atomic E-state index is -3.94. The lowest BCUT2D eigenvalue weighted by Crippen LogP contribution is -2.24. The van der Waals surface area contributed by atoms with E-state index in [0.717, 1.165) is 5.56 Å². The summed E-state index contributed by atoms with van der Waals surface area (Å²) in [5.74, 6) is -0.443. The third-order valence-electron chi connectivity index (χ3n) is 3.47. The Bertz CT molecular complexity index is 924. The van der Waals surface area contributed by atoms with Crippen molar-refractivity contribution in [2.75, 3.05) is 12.4 Å². The SMILES string of the molecule is COc1ccc(S(N)(=O)=O)cc1C(=O)NCc1ccc(NC(C)=O)cc1. The summed E-state index contributed by atoms with van der Waals surface area (Å²) in [7, 11) is -2.56. The Labute approximate surface area is 151 Å². The zero-order valence-corrected chi connectivity index (χ0v) is 15.1. The average molecular weight is 377 g/mol. The molecule has 2 aromatic rings. The van der Waals surface area contributed by atoms with E-state index in [1.165, 1.54) is 32.2 Å². The topological polar surface area (TPSA) is 128 Å². The van der Waals surface area contributed by atoms with E-state index in [0.29, 0.717) is 5.69 Å². The first kappa shape index (κ1) is 19.4. The van der Waals surface area contributed by atoms with Crippen molar-refractivity contribution in [1.82, 2.24) is 5.32 Å². The molecule has 0 aliphatic heterocycles. The predicted octanol–water partition coefficient (Wildman–Crippen LogP) is 1.23. The number of carbonyl (C=O) groups is 2. The summed E-state index contributed by atoms with van der Waals surface area (Å²) in [6.07, 6.45) is 0. The Balaban J connectivity index is 2.13. The molecule has 0 aliphatic rings. The Kier molecular flexibility index (Phi) is 5.96. The maximum atomic E-state index is 12.4. The zero-order valence-electron chi connectivity index (χ0n) is 14.3. The first-order valence-corrected chi connectivity index (χ1v) is 9.11. The number of hydrogen-bond donors (Lipinski definition) is 3. The van der Waals surface area contributed by atoms with Crippen LogP contribution < -0.4 is 20.5 Å². The van der Waals surface area contributed by atoms with Crippen molar-refractivity contribution in [3.8, 4) is 5.75 Å². The highest BCUT2D eigenvalue weighted by Gasteiger charge is 2.17. The second-order valence-corrected chi connectivity index (χ2v) is 7.03. The molecular weight excluding hydrogens is 358 g/mol. The van der Waals surface area contributed by atoms with Crippen molar-refractivity contribution in [3.05, 3.63) is 53.6 Å². The van der Waals surface area contributed by atoms with E-state index in [2.05, 4.69) is 10.6 Å². The van der Waals surface area contributed by atoms with E-state index < -0.39 is 15.9 Å². The zero-order chi connectivity index (χ0) is 19.3. The standard InChI is InChI=1S/C17H19N3O5S/c1-11(21)20-13-5-3-12(4-6-13)10-19-17(22)15-9-14(26(18,23)24)7-8-16(15)25-2/h3-9H,10H2,1-2H3,(H,19,22)(H,20,21)(H2,18,23,24). The average Bonchev–Trinajstić information content (AvgIpc) is 2.59. The fourth-order valence-electron chi connectivity index (χ4n) is 2.23. The lowest BCUT2D eigenvalue weighted by Gasteiger charge is -2.11. The smallest absolute Gasteiger partial charge is 0.255 e. The van der Waals surface area contributed by atoms with E-state index >= 15 is 0 Å². The molecule has 2 amide bonds. The molecule has 138 valence electrons. The highest BCUT2D eigenvalue weighted by atomic mass is 32.2. The largest absolute Gasteiger partial charge is 0.496 e. The summed E-state index contributed by atoms with van der Waals surface area (Å²) in [4.78, 5) is 23.2. The van der Waals surface area contributed by atoms with Gasteiger partial charge in [0.15, 0.2) is 0 Å². The molecule has 4 N–H and O–H groups in total. The van der Waals surface area contributed by atoms with Gasteiger partial charge >= 0.3 is 0 Å². The number of nitrogens with one attached hydrogen (secondary N) is 2. The molecular formula is C17H19N3O5S. The summed E-state index contributed by atoms with van der Waals surface area (Å²) >= 11 is 0. The molecule has 0 saturated heterocycles. The Hall–Kier alpha value is -2.91. The monoisotopic (exact) mass is 377 g/mol. The molecule has 8 nitrogen and oxygen atoms in total. The fraction of sp³-hybridized carbons (Fsp3) is 0.176. The molecule has 0 heterocycles. The lowest BCUT2D eigenvalue weighted by atomic mass is 10.1. The number of methoxy groups -OCH3 is 1. The molecule has 0 radical (unpaired) electrons. The van der Waals surface area contributed by atoms with E-state index in [4.69, 9.17) is 9.88 Å². The molecule has 26 heavy (non-hydrogen) atoms. The van der Waals surface area contributed by atoms with Crippen molar-refractivity contribution < 1.29 is 22.7 Å².